The van der Waals surface area contributed by atoms with E-state index in [-0.39, 0.29) is 32.3 Å². The number of ether oxygens (including phenoxy) is 4. The Kier molecular flexibility index (Phi) is 26.8. The largest absolute Gasteiger partial charge is 0.492 e. The quantitative estimate of drug-likeness (QED) is 0.0443. The van der Waals surface area contributed by atoms with Crippen LogP contribution in [-0.4, -0.2) is 174 Å². The number of nitrogens with one attached hydrogen (secondary N) is 6. The molecule has 1 aromatic carbocycles. The number of rotatable bonds is 22. The second-order valence-corrected chi connectivity index (χ2v) is 20.7. The number of amides is 7. The number of aliphatic hydroxyl groups excluding tert-OH is 2. The number of esters is 2. The van der Waals surface area contributed by atoms with Crippen molar-refractivity contribution in [1.82, 2.24) is 36.8 Å². The minimum atomic E-state index is -1.82. The van der Waals surface area contributed by atoms with Crippen LogP contribution in [0.15, 0.2) is 66.0 Å². The molecule has 1 aromatic rings. The highest BCUT2D eigenvalue weighted by molar-refractivity contribution is 5.99. The third-order valence-electron chi connectivity index (χ3n) is 14.1. The van der Waals surface area contributed by atoms with E-state index in [9.17, 15) is 53.7 Å². The molecule has 0 spiro atoms. The molecule has 9 N–H and O–H groups in total. The lowest BCUT2D eigenvalue weighted by molar-refractivity contribution is -0.160. The number of carbonyl (C=O) groups is 9. The van der Waals surface area contributed by atoms with Crippen LogP contribution in [-0.2, 0) is 68.5 Å². The van der Waals surface area contributed by atoms with Crippen LogP contribution in [0.4, 0.5) is 0 Å². The zero-order valence-electron chi connectivity index (χ0n) is 47.7. The number of aliphatic hydroxyl groups is 3. The molecule has 0 saturated carbocycles. The van der Waals surface area contributed by atoms with E-state index >= 15 is 4.79 Å². The second-order valence-electron chi connectivity index (χ2n) is 20.7. The summed E-state index contributed by atoms with van der Waals surface area (Å²) in [7, 11) is 2.77. The number of allylic oxidation sites excluding steroid dienone is 3. The summed E-state index contributed by atoms with van der Waals surface area (Å²) in [5.74, 6) is -10.0. The Morgan fingerprint density at radius 1 is 0.886 bits per heavy atom. The summed E-state index contributed by atoms with van der Waals surface area (Å²) in [5, 5.41) is 49.0. The van der Waals surface area contributed by atoms with Crippen LogP contribution in [0.5, 0.6) is 0 Å². The Morgan fingerprint density at radius 2 is 1.53 bits per heavy atom. The maximum Gasteiger partial charge on any atom is 0.332 e. The minimum Gasteiger partial charge on any atom is -0.492 e. The third-order valence-corrected chi connectivity index (χ3v) is 14.1. The normalized spacial score (nSPS) is 24.9. The Balaban J connectivity index is 2.31. The highest BCUT2D eigenvalue weighted by Crippen LogP contribution is 2.28. The molecule has 0 aromatic heterocycles. The highest BCUT2D eigenvalue weighted by atomic mass is 16.6. The van der Waals surface area contributed by atoms with Crippen LogP contribution in [0.3, 0.4) is 0 Å². The molecule has 1 heterocycles. The number of benzene rings is 1. The average molecular weight is 1110 g/mol. The van der Waals surface area contributed by atoms with Crippen molar-refractivity contribution in [2.45, 2.75) is 174 Å². The molecule has 1 fully saturated rings. The molecule has 1 aliphatic heterocycles. The molecule has 0 bridgehead atoms. The average Bonchev–Trinajstić information content (AvgIpc) is 3.43. The smallest absolute Gasteiger partial charge is 0.332 e. The maximum atomic E-state index is 15.3. The monoisotopic (exact) mass is 1110 g/mol. The predicted molar refractivity (Wildman–Crippen MR) is 290 cm³/mol. The first kappa shape index (κ1) is 66.6. The maximum absolute atomic E-state index is 15.3. The van der Waals surface area contributed by atoms with Gasteiger partial charge in [0.25, 0.3) is 0 Å². The van der Waals surface area contributed by atoms with Gasteiger partial charge >= 0.3 is 11.9 Å². The second kappa shape index (κ2) is 31.8. The highest BCUT2D eigenvalue weighted by Gasteiger charge is 2.43. The van der Waals surface area contributed by atoms with Crippen molar-refractivity contribution in [2.75, 3.05) is 33.9 Å². The van der Waals surface area contributed by atoms with Gasteiger partial charge in [-0.1, -0.05) is 90.8 Å². The zero-order valence-corrected chi connectivity index (χ0v) is 47.7. The molecule has 7 amide bonds. The first-order chi connectivity index (χ1) is 37.2. The van der Waals surface area contributed by atoms with Gasteiger partial charge in [0, 0.05) is 46.5 Å². The molecule has 1 saturated heterocycles. The predicted octanol–water partition coefficient (Wildman–Crippen LogP) is 0.928. The Bertz CT molecular complexity index is 2360. The van der Waals surface area contributed by atoms with E-state index in [1.807, 2.05) is 6.92 Å². The standard InChI is InChI=1S/C56H85N7O16/c1-13-15-27-76-30-56(75,26-25-43(66)57-11)36(9)79-40-23-21-39(22-24-40)47-54(73)63(12)42(28-38-19-17-16-18-20-38)50(69)60-45(34(7)64)52(71)58-41(29-77-37(10)65)55(74)78-35(8)46(61-49(68)33(6)48(67)31(3)4)53(72)59-44(32(5)14-2)51(70)62-47/h16-21,23,25-26,31-36,41-42,44-48,64,67,75H,13-15,22,24,27-30H2,1-12H3,(H,57,66)(H,58,71)(H,59,72)(H,60,69)(H,61,68)(H,62,70)/b26-25+/t32-,33+,34+,35+,36+,41-,42-,44+,45+,46-,47-,48+,56-/m0/s1. The van der Waals surface area contributed by atoms with Gasteiger partial charge in [-0.05, 0) is 68.7 Å². The van der Waals surface area contributed by atoms with Crippen LogP contribution >= 0.6 is 0 Å². The van der Waals surface area contributed by atoms with Crippen LogP contribution in [0.2, 0.25) is 0 Å². The van der Waals surface area contributed by atoms with E-state index in [0.717, 1.165) is 24.7 Å². The van der Waals surface area contributed by atoms with Crippen molar-refractivity contribution in [1.29, 1.82) is 0 Å². The van der Waals surface area contributed by atoms with Crippen LogP contribution in [0.25, 0.3) is 0 Å². The van der Waals surface area contributed by atoms with Crippen LogP contribution in [0.1, 0.15) is 107 Å². The van der Waals surface area contributed by atoms with Gasteiger partial charge < -0.3 is 71.1 Å². The number of hydrogen-bond donors (Lipinski definition) is 9. The van der Waals surface area contributed by atoms with Gasteiger partial charge in [-0.15, -0.1) is 0 Å². The van der Waals surface area contributed by atoms with Crippen molar-refractivity contribution < 1.29 is 77.4 Å². The summed E-state index contributed by atoms with van der Waals surface area (Å²) in [6.07, 6.45) is 2.09. The fourth-order valence-corrected chi connectivity index (χ4v) is 8.51. The first-order valence-corrected chi connectivity index (χ1v) is 27.0. The van der Waals surface area contributed by atoms with Crippen LogP contribution < -0.4 is 31.9 Å². The van der Waals surface area contributed by atoms with E-state index in [1.54, 1.807) is 77.1 Å². The third kappa shape index (κ3) is 19.9. The lowest BCUT2D eigenvalue weighted by atomic mass is 9.92. The van der Waals surface area contributed by atoms with E-state index in [4.69, 9.17) is 18.9 Å². The minimum absolute atomic E-state index is 0.0642. The number of cyclic esters (lactones) is 1. The topological polar surface area (TPSA) is 327 Å². The van der Waals surface area contributed by atoms with Crippen molar-refractivity contribution in [3.8, 4) is 0 Å². The molecule has 23 nitrogen and oxygen atoms in total. The van der Waals surface area contributed by atoms with E-state index in [0.29, 0.717) is 23.5 Å². The van der Waals surface area contributed by atoms with E-state index in [1.165, 1.54) is 47.0 Å². The number of hydrogen-bond acceptors (Lipinski definition) is 16. The first-order valence-electron chi connectivity index (χ1n) is 27.0. The van der Waals surface area contributed by atoms with Gasteiger partial charge in [0.2, 0.25) is 41.4 Å². The summed E-state index contributed by atoms with van der Waals surface area (Å²) in [4.78, 5) is 127. The van der Waals surface area contributed by atoms with Crippen molar-refractivity contribution in [3.05, 3.63) is 71.5 Å². The molecule has 2 aliphatic rings. The molecule has 13 atom stereocenters. The lowest BCUT2D eigenvalue weighted by Gasteiger charge is -2.35. The number of likely N-dealkylation sites (N-methyl/N-ethyl adjacent to an activating group) is 2. The number of carbonyl (C=O) groups excluding carboxylic acids is 9. The van der Waals surface area contributed by atoms with Gasteiger partial charge in [0.05, 0.1) is 30.5 Å². The van der Waals surface area contributed by atoms with Gasteiger partial charge in [-0.3, -0.25) is 38.4 Å². The number of unbranched alkanes of at least 4 members (excludes halogenated alkanes) is 1. The number of nitrogens with zero attached hydrogens (tertiary/aromatic N) is 1. The van der Waals surface area contributed by atoms with E-state index in [2.05, 4.69) is 31.9 Å². The van der Waals surface area contributed by atoms with Gasteiger partial charge in [0.1, 0.15) is 54.6 Å². The van der Waals surface area contributed by atoms with Crippen molar-refractivity contribution in [2.24, 2.45) is 17.8 Å². The molecule has 440 valence electrons. The molecule has 79 heavy (non-hydrogen) atoms. The molecular formula is C56H85N7O16. The summed E-state index contributed by atoms with van der Waals surface area (Å²) in [5.41, 5.74) is -0.871. The van der Waals surface area contributed by atoms with Crippen LogP contribution in [0, 0.1) is 17.8 Å². The van der Waals surface area contributed by atoms with Gasteiger partial charge in [0.15, 0.2) is 6.04 Å². The zero-order chi connectivity index (χ0) is 59.3. The SMILES string of the molecule is CCCCOC[C@@](O)(/C=C/C(=O)NC)[C@@H](C)OC1=CC=C([C@@H]2NC(=O)[C@@H]([C@@H](C)CC)NC(=O)[C@@H](NC(=O)[C@H](C)[C@H](O)C(C)C)[C@@H](C)OC(=O)[C@H](COC(C)=O)NC(=O)[C@@H]([C@@H](C)O)NC(=O)[C@H](Cc3ccccc3)N(C)C2=O)CC1. The van der Waals surface area contributed by atoms with Crippen molar-refractivity contribution in [3.63, 3.8) is 0 Å². The fraction of sp³-hybridized carbons (Fsp3) is 0.625. The fourth-order valence-electron chi connectivity index (χ4n) is 8.51. The summed E-state index contributed by atoms with van der Waals surface area (Å²) < 4.78 is 22.8. The molecule has 1 aliphatic carbocycles. The van der Waals surface area contributed by atoms with Gasteiger partial charge in [-0.25, -0.2) is 4.79 Å². The summed E-state index contributed by atoms with van der Waals surface area (Å²) in [6, 6.07) is -1.26. The Morgan fingerprint density at radius 3 is 2.10 bits per heavy atom. The summed E-state index contributed by atoms with van der Waals surface area (Å²) >= 11 is 0. The van der Waals surface area contributed by atoms with Gasteiger partial charge in [-0.2, -0.15) is 0 Å². The lowest BCUT2D eigenvalue weighted by Crippen LogP contribution is -2.62. The van der Waals surface area contributed by atoms with Crippen molar-refractivity contribution >= 4 is 53.3 Å². The Labute approximate surface area is 463 Å². The Hall–Kier alpha value is -6.69. The molecule has 3 rings (SSSR count). The summed E-state index contributed by atoms with van der Waals surface area (Å²) in [6.45, 7) is 14.6. The van der Waals surface area contributed by atoms with E-state index < -0.39 is 144 Å². The molecule has 0 radical (unpaired) electrons. The molecule has 0 unspecified atom stereocenters. The molecule has 23 heteroatoms. The molecular weight excluding hydrogens is 1030 g/mol.